The van der Waals surface area contributed by atoms with Crippen LogP contribution in [-0.2, 0) is 40.8 Å². The number of carbonyl (C=O) groups excluding carboxylic acids is 1. The van der Waals surface area contributed by atoms with E-state index in [4.69, 9.17) is 11.6 Å². The number of anilines is 1. The first-order chi connectivity index (χ1) is 31.0. The molecule has 9 rings (SSSR count). The van der Waals surface area contributed by atoms with Gasteiger partial charge >= 0.3 is 10.2 Å². The van der Waals surface area contributed by atoms with Gasteiger partial charge in [0.05, 0.1) is 45.0 Å². The lowest BCUT2D eigenvalue weighted by Gasteiger charge is -2.40. The second kappa shape index (κ2) is 14.6. The van der Waals surface area contributed by atoms with Crippen LogP contribution in [0.5, 0.6) is 0 Å². The van der Waals surface area contributed by atoms with Gasteiger partial charge in [0.1, 0.15) is 40.3 Å². The van der Waals surface area contributed by atoms with Crippen molar-refractivity contribution in [2.24, 2.45) is 13.0 Å². The van der Waals surface area contributed by atoms with Crippen LogP contribution in [0.15, 0.2) is 76.4 Å². The summed E-state index contributed by atoms with van der Waals surface area (Å²) >= 11 is 6.56. The molecule has 4 heterocycles. The van der Waals surface area contributed by atoms with Crippen molar-refractivity contribution in [1.82, 2.24) is 39.4 Å². The quantitative estimate of drug-likeness (QED) is 0.115. The van der Waals surface area contributed by atoms with E-state index in [0.717, 1.165) is 45.8 Å². The number of halogens is 12. The molecule has 2 aliphatic rings. The summed E-state index contributed by atoms with van der Waals surface area (Å²) in [5.41, 5.74) is -5.33. The molecule has 354 valence electrons. The van der Waals surface area contributed by atoms with Crippen molar-refractivity contribution in [3.8, 4) is 16.9 Å². The van der Waals surface area contributed by atoms with Gasteiger partial charge in [0.2, 0.25) is 15.9 Å². The highest BCUT2D eigenvalue weighted by atomic mass is 35.5. The minimum absolute atomic E-state index is 0.0742. The third kappa shape index (κ3) is 8.31. The molecule has 0 spiro atoms. The molecule has 3 aromatic carbocycles. The fourth-order valence-corrected chi connectivity index (χ4v) is 9.94. The average Bonchev–Trinajstić information content (AvgIpc) is 3.75. The number of benzene rings is 3. The molecule has 7 aromatic rings. The Hall–Kier alpha value is -6.28. The zero-order valence-corrected chi connectivity index (χ0v) is 36.3. The van der Waals surface area contributed by atoms with Crippen LogP contribution >= 0.6 is 21.8 Å². The first-order valence-corrected chi connectivity index (χ1v) is 23.6. The lowest BCUT2D eigenvalue weighted by molar-refractivity contribution is -0.123. The number of nitrogens with one attached hydrogen (secondary N) is 2. The number of hydrogen-bond donors (Lipinski definition) is 2. The monoisotopic (exact) mass is 1010 g/mol. The summed E-state index contributed by atoms with van der Waals surface area (Å²) in [7, 11) is -12.9. The number of pyridine rings is 1. The smallest absolute Gasteiger partial charge is 0.310 e. The number of sulfonamides is 1. The van der Waals surface area contributed by atoms with Crippen molar-refractivity contribution in [3.63, 3.8) is 0 Å². The maximum Gasteiger partial charge on any atom is 0.310 e. The Kier molecular flexibility index (Phi) is 10.00. The molecule has 4 aromatic heterocycles. The number of alkyl halides is 4. The number of nitrogens with zero attached hydrogens (tertiary/aromatic N) is 7. The Bertz CT molecular complexity index is 3440. The third-order valence-electron chi connectivity index (χ3n) is 11.2. The Morgan fingerprint density at radius 3 is 2.33 bits per heavy atom. The topological polar surface area (TPSA) is 159 Å². The molecule has 0 aliphatic heterocycles. The molecular weight excluding hydrogens is 979 g/mol. The van der Waals surface area contributed by atoms with Gasteiger partial charge in [-0.2, -0.15) is 19.0 Å². The van der Waals surface area contributed by atoms with Crippen molar-refractivity contribution in [2.45, 2.75) is 48.6 Å². The summed E-state index contributed by atoms with van der Waals surface area (Å²) in [6, 6.07) is 6.92. The largest absolute Gasteiger partial charge is 0.344 e. The van der Waals surface area contributed by atoms with Crippen molar-refractivity contribution in [1.29, 1.82) is 0 Å². The molecule has 13 nitrogen and oxygen atoms in total. The molecule has 1 saturated carbocycles. The number of aryl methyl sites for hydroxylation is 1. The van der Waals surface area contributed by atoms with E-state index in [1.807, 2.05) is 0 Å². The Morgan fingerprint density at radius 1 is 0.970 bits per heavy atom. The first-order valence-electron chi connectivity index (χ1n) is 19.4. The SMILES string of the molecule is Cn1nc(NS(C)(=O)=O)c2c(Cl)ccc(-n3c([C@H](Cc4cc(F)cc(F)c4)NC(=O)Cn4nc(C(F)F)c5c4C(F)(F)[C@@H]4C[C@H]54)nc4nc(-c5cccc(S(F)(F)(F)(F)F)c5)ccc4c3=O)c21. The fraction of sp³-hybridized carbons (Fsp3) is 0.250. The van der Waals surface area contributed by atoms with E-state index in [1.165, 1.54) is 19.2 Å². The molecule has 0 unspecified atom stereocenters. The Labute approximate surface area is 374 Å². The molecule has 1 amide bonds. The predicted octanol–water partition coefficient (Wildman–Crippen LogP) is 9.74. The predicted molar refractivity (Wildman–Crippen MR) is 223 cm³/mol. The first kappa shape index (κ1) is 45.9. The molecule has 1 fully saturated rings. The van der Waals surface area contributed by atoms with E-state index in [0.29, 0.717) is 16.8 Å². The second-order valence-corrected chi connectivity index (χ2v) is 20.7. The summed E-state index contributed by atoms with van der Waals surface area (Å²) in [6.07, 6.45) is -3.27. The highest BCUT2D eigenvalue weighted by Crippen LogP contribution is 3.02. The average molecular weight is 1010 g/mol. The number of fused-ring (bicyclic) bond motifs is 5. The van der Waals surface area contributed by atoms with Crippen molar-refractivity contribution < 1.29 is 59.0 Å². The zero-order valence-electron chi connectivity index (χ0n) is 33.9. The van der Waals surface area contributed by atoms with Gasteiger partial charge in [-0.1, -0.05) is 43.2 Å². The van der Waals surface area contributed by atoms with Gasteiger partial charge in [-0.25, -0.2) is 35.9 Å². The van der Waals surface area contributed by atoms with E-state index < -0.39 is 137 Å². The highest BCUT2D eigenvalue weighted by molar-refractivity contribution is 8.45. The van der Waals surface area contributed by atoms with Crippen LogP contribution in [-0.4, -0.2) is 54.7 Å². The fourth-order valence-electron chi connectivity index (χ4n) is 8.52. The highest BCUT2D eigenvalue weighted by Gasteiger charge is 2.67. The van der Waals surface area contributed by atoms with E-state index in [2.05, 4.69) is 30.2 Å². The lowest BCUT2D eigenvalue weighted by Crippen LogP contribution is -2.38. The molecule has 2 N–H and O–H groups in total. The molecule has 3 atom stereocenters. The molecule has 0 radical (unpaired) electrons. The summed E-state index contributed by atoms with van der Waals surface area (Å²) in [5, 5.41) is 9.74. The van der Waals surface area contributed by atoms with Crippen LogP contribution in [0.4, 0.5) is 51.6 Å². The van der Waals surface area contributed by atoms with Gasteiger partial charge in [-0.3, -0.25) is 28.2 Å². The minimum Gasteiger partial charge on any atom is -0.344 e. The molecule has 27 heteroatoms. The van der Waals surface area contributed by atoms with E-state index >= 15 is 8.78 Å². The van der Waals surface area contributed by atoms with E-state index in [9.17, 15) is 55.0 Å². The van der Waals surface area contributed by atoms with Gasteiger partial charge in [0.25, 0.3) is 17.9 Å². The van der Waals surface area contributed by atoms with E-state index in [1.54, 1.807) is 0 Å². The van der Waals surface area contributed by atoms with Crippen LogP contribution < -0.4 is 15.6 Å². The maximum absolute atomic E-state index is 15.5. The van der Waals surface area contributed by atoms with Crippen LogP contribution in [0, 0.1) is 17.6 Å². The number of hydrogen-bond acceptors (Lipinski definition) is 8. The van der Waals surface area contributed by atoms with Crippen LogP contribution in [0.2, 0.25) is 5.02 Å². The molecule has 2 aliphatic carbocycles. The number of aromatic nitrogens is 7. The number of amides is 1. The summed E-state index contributed by atoms with van der Waals surface area (Å²) in [6.45, 7) is -1.14. The normalized spacial score (nSPS) is 18.1. The van der Waals surface area contributed by atoms with Gasteiger partial charge < -0.3 is 5.32 Å². The molecule has 0 saturated heterocycles. The Balaban J connectivity index is 1.27. The second-order valence-electron chi connectivity index (χ2n) is 16.1. The van der Waals surface area contributed by atoms with Crippen molar-refractivity contribution in [2.75, 3.05) is 11.0 Å². The van der Waals surface area contributed by atoms with Crippen LogP contribution in [0.3, 0.4) is 0 Å². The summed E-state index contributed by atoms with van der Waals surface area (Å²) in [5.74, 6) is -10.3. The number of carbonyl (C=O) groups is 1. The summed E-state index contributed by atoms with van der Waals surface area (Å²) in [4.78, 5) is 35.5. The van der Waals surface area contributed by atoms with Gasteiger partial charge in [0, 0.05) is 36.6 Å². The molecule has 0 bridgehead atoms. The van der Waals surface area contributed by atoms with Crippen molar-refractivity contribution >= 4 is 65.5 Å². The van der Waals surface area contributed by atoms with Crippen LogP contribution in [0.1, 0.15) is 53.1 Å². The standard InChI is InChI=1S/C40H29ClF11N9O4S2/c1-59-33-28(9-7-25(41)31(33)37(57-59)58-66(2,64)65)61-38(55-36-22(39(61)63)6-8-26(54-36)18-4-3-5-21(13-18)67(48,49,50,51)52)27(12-17-10-19(42)14-20(43)11-17)53-29(62)16-60-34-30(32(56-60)35(44)45)23-15-24(23)40(34,46)47/h3-11,13-14,23-24,27,35H,12,15-16H2,1-2H3,(H,53,62)(H,57,58)/t23-,24+,27-/m0/s1. The van der Waals surface area contributed by atoms with Crippen LogP contribution in [0.25, 0.3) is 38.9 Å². The van der Waals surface area contributed by atoms with Gasteiger partial charge in [-0.15, -0.1) is 0 Å². The van der Waals surface area contributed by atoms with Gasteiger partial charge in [-0.05, 0) is 66.4 Å². The number of rotatable bonds is 12. The van der Waals surface area contributed by atoms with E-state index in [-0.39, 0.29) is 51.5 Å². The van der Waals surface area contributed by atoms with Crippen molar-refractivity contribution in [3.05, 3.63) is 122 Å². The lowest BCUT2D eigenvalue weighted by atomic mass is 10.0. The Morgan fingerprint density at radius 2 is 1.67 bits per heavy atom. The molecule has 67 heavy (non-hydrogen) atoms. The third-order valence-corrected chi connectivity index (χ3v) is 13.3. The van der Waals surface area contributed by atoms with Gasteiger partial charge in [0.15, 0.2) is 11.5 Å². The maximum atomic E-state index is 15.5. The zero-order chi connectivity index (χ0) is 48.6. The summed E-state index contributed by atoms with van der Waals surface area (Å²) < 4.78 is 188. The molecular formula is C40H29ClF11N9O4S2. The minimum atomic E-state index is -10.2.